The topological polar surface area (TPSA) is 90.3 Å². The van der Waals surface area contributed by atoms with Crippen molar-refractivity contribution in [1.29, 1.82) is 0 Å². The van der Waals surface area contributed by atoms with Crippen LogP contribution in [-0.2, 0) is 21.3 Å². The molecule has 0 fully saturated rings. The lowest BCUT2D eigenvalue weighted by Gasteiger charge is -2.12. The number of anilines is 1. The molecule has 0 bridgehead atoms. The van der Waals surface area contributed by atoms with Gasteiger partial charge in [0.05, 0.1) is 30.0 Å². The van der Waals surface area contributed by atoms with E-state index in [4.69, 9.17) is 4.74 Å². The Morgan fingerprint density at radius 3 is 2.48 bits per heavy atom. The molecule has 0 aliphatic carbocycles. The maximum atomic E-state index is 13.1. The molecule has 0 radical (unpaired) electrons. The van der Waals surface area contributed by atoms with Crippen molar-refractivity contribution in [1.82, 2.24) is 9.78 Å². The van der Waals surface area contributed by atoms with Gasteiger partial charge in [0.1, 0.15) is 11.6 Å². The third-order valence-corrected chi connectivity index (χ3v) is 6.79. The molecule has 0 unspecified atom stereocenters. The van der Waals surface area contributed by atoms with Crippen molar-refractivity contribution in [3.05, 3.63) is 83.6 Å². The fourth-order valence-electron chi connectivity index (χ4n) is 3.79. The van der Waals surface area contributed by atoms with Crippen LogP contribution in [0.15, 0.2) is 66.7 Å². The summed E-state index contributed by atoms with van der Waals surface area (Å²) in [6.07, 6.45) is 0. The predicted octanol–water partition coefficient (Wildman–Crippen LogP) is 3.71. The number of aromatic nitrogens is 2. The second-order valence-electron chi connectivity index (χ2n) is 7.43. The number of nitrogens with one attached hydrogen (secondary N) is 1. The molecule has 0 saturated heterocycles. The standard InChI is InChI=1S/C23H19N3O4S/c1-30-19-10-8-18(9-11-19)26-22(20-13-31(28,29)14-21(20)25-26)24-23(27)17-7-6-15-4-2-3-5-16(15)12-17/h2-12H,13-14H2,1H3,(H,24,27). The molecule has 1 aliphatic rings. The van der Waals surface area contributed by atoms with E-state index in [2.05, 4.69) is 10.4 Å². The largest absolute Gasteiger partial charge is 0.497 e. The summed E-state index contributed by atoms with van der Waals surface area (Å²) in [7, 11) is -1.69. The van der Waals surface area contributed by atoms with Crippen molar-refractivity contribution >= 4 is 32.3 Å². The van der Waals surface area contributed by atoms with E-state index in [-0.39, 0.29) is 17.4 Å². The Morgan fingerprint density at radius 1 is 1.00 bits per heavy atom. The van der Waals surface area contributed by atoms with Crippen LogP contribution >= 0.6 is 0 Å². The molecule has 0 spiro atoms. The summed E-state index contributed by atoms with van der Waals surface area (Å²) in [6.45, 7) is 0. The zero-order chi connectivity index (χ0) is 21.6. The molecule has 0 saturated carbocycles. The van der Waals surface area contributed by atoms with Gasteiger partial charge in [0, 0.05) is 11.1 Å². The lowest BCUT2D eigenvalue weighted by Crippen LogP contribution is -2.17. The predicted molar refractivity (Wildman–Crippen MR) is 118 cm³/mol. The fourth-order valence-corrected chi connectivity index (χ4v) is 5.29. The van der Waals surface area contributed by atoms with Gasteiger partial charge in [-0.1, -0.05) is 30.3 Å². The molecular weight excluding hydrogens is 414 g/mol. The Balaban J connectivity index is 1.55. The van der Waals surface area contributed by atoms with Crippen LogP contribution in [0.2, 0.25) is 0 Å². The van der Waals surface area contributed by atoms with Gasteiger partial charge in [0.2, 0.25) is 0 Å². The molecule has 1 aliphatic heterocycles. The van der Waals surface area contributed by atoms with E-state index < -0.39 is 9.84 Å². The van der Waals surface area contributed by atoms with E-state index in [0.717, 1.165) is 10.8 Å². The van der Waals surface area contributed by atoms with E-state index in [0.29, 0.717) is 34.1 Å². The summed E-state index contributed by atoms with van der Waals surface area (Å²) in [4.78, 5) is 13.1. The first-order valence-corrected chi connectivity index (χ1v) is 11.5. The summed E-state index contributed by atoms with van der Waals surface area (Å²) in [5.41, 5.74) is 2.17. The zero-order valence-corrected chi connectivity index (χ0v) is 17.5. The summed E-state index contributed by atoms with van der Waals surface area (Å²) < 4.78 is 31.1. The number of nitrogens with zero attached hydrogens (tertiary/aromatic N) is 2. The van der Waals surface area contributed by atoms with Gasteiger partial charge in [0.25, 0.3) is 5.91 Å². The maximum Gasteiger partial charge on any atom is 0.256 e. The Hall–Kier alpha value is -3.65. The molecule has 5 rings (SSSR count). The molecule has 8 heteroatoms. The van der Waals surface area contributed by atoms with E-state index in [1.807, 2.05) is 36.4 Å². The quantitative estimate of drug-likeness (QED) is 0.530. The number of rotatable bonds is 4. The maximum absolute atomic E-state index is 13.1. The molecule has 1 N–H and O–H groups in total. The lowest BCUT2D eigenvalue weighted by atomic mass is 10.1. The van der Waals surface area contributed by atoms with Crippen LogP contribution in [0.3, 0.4) is 0 Å². The van der Waals surface area contributed by atoms with Crippen molar-refractivity contribution in [2.24, 2.45) is 0 Å². The van der Waals surface area contributed by atoms with Gasteiger partial charge >= 0.3 is 0 Å². The van der Waals surface area contributed by atoms with Crippen LogP contribution < -0.4 is 10.1 Å². The summed E-state index contributed by atoms with van der Waals surface area (Å²) >= 11 is 0. The number of fused-ring (bicyclic) bond motifs is 2. The zero-order valence-electron chi connectivity index (χ0n) is 16.7. The van der Waals surface area contributed by atoms with Crippen LogP contribution in [0, 0.1) is 0 Å². The molecule has 0 atom stereocenters. The highest BCUT2D eigenvalue weighted by atomic mass is 32.2. The highest BCUT2D eigenvalue weighted by Gasteiger charge is 2.33. The molecule has 1 amide bonds. The second-order valence-corrected chi connectivity index (χ2v) is 9.50. The van der Waals surface area contributed by atoms with Gasteiger partial charge in [-0.15, -0.1) is 0 Å². The molecule has 156 valence electrons. The number of sulfone groups is 1. The van der Waals surface area contributed by atoms with Gasteiger partial charge in [-0.3, -0.25) is 4.79 Å². The van der Waals surface area contributed by atoms with E-state index >= 15 is 0 Å². The number of methoxy groups -OCH3 is 1. The smallest absolute Gasteiger partial charge is 0.256 e. The average molecular weight is 433 g/mol. The highest BCUT2D eigenvalue weighted by molar-refractivity contribution is 7.90. The molecular formula is C23H19N3O4S. The average Bonchev–Trinajstić information content (AvgIpc) is 3.25. The van der Waals surface area contributed by atoms with Crippen LogP contribution in [0.4, 0.5) is 5.82 Å². The van der Waals surface area contributed by atoms with Crippen molar-refractivity contribution in [2.45, 2.75) is 11.5 Å². The van der Waals surface area contributed by atoms with Gasteiger partial charge in [0.15, 0.2) is 9.84 Å². The molecule has 7 nitrogen and oxygen atoms in total. The molecule has 4 aromatic rings. The molecule has 1 aromatic heterocycles. The number of carbonyl (C=O) groups is 1. The normalized spacial score (nSPS) is 14.4. The fraction of sp³-hybridized carbons (Fsp3) is 0.130. The van der Waals surface area contributed by atoms with Gasteiger partial charge < -0.3 is 10.1 Å². The number of hydrogen-bond donors (Lipinski definition) is 1. The Kier molecular flexibility index (Phi) is 4.51. The Labute approximate surface area is 179 Å². The van der Waals surface area contributed by atoms with Crippen molar-refractivity contribution in [3.63, 3.8) is 0 Å². The Morgan fingerprint density at radius 2 is 1.74 bits per heavy atom. The number of carbonyl (C=O) groups excluding carboxylic acids is 1. The first-order valence-electron chi connectivity index (χ1n) is 9.69. The minimum atomic E-state index is -3.27. The summed E-state index contributed by atoms with van der Waals surface area (Å²) in [6, 6.07) is 20.4. The molecule has 31 heavy (non-hydrogen) atoms. The van der Waals surface area contributed by atoms with Crippen LogP contribution in [0.25, 0.3) is 16.5 Å². The monoisotopic (exact) mass is 433 g/mol. The second kappa shape index (κ2) is 7.24. The highest BCUT2D eigenvalue weighted by Crippen LogP contribution is 2.33. The number of benzene rings is 3. The van der Waals surface area contributed by atoms with Gasteiger partial charge in [-0.2, -0.15) is 5.10 Å². The Bertz CT molecular complexity index is 1420. The number of hydrogen-bond acceptors (Lipinski definition) is 5. The summed E-state index contributed by atoms with van der Waals surface area (Å²) in [5, 5.41) is 9.38. The van der Waals surface area contributed by atoms with Crippen molar-refractivity contribution in [2.75, 3.05) is 12.4 Å². The van der Waals surface area contributed by atoms with E-state index in [9.17, 15) is 13.2 Å². The minimum Gasteiger partial charge on any atom is -0.497 e. The molecule has 2 heterocycles. The third kappa shape index (κ3) is 3.55. The SMILES string of the molecule is COc1ccc(-n2nc3c(c2NC(=O)c2ccc4ccccc4c2)CS(=O)(=O)C3)cc1. The van der Waals surface area contributed by atoms with Crippen LogP contribution in [-0.4, -0.2) is 31.2 Å². The number of amides is 1. The number of ether oxygens (including phenoxy) is 1. The summed E-state index contributed by atoms with van der Waals surface area (Å²) in [5.74, 6) is 0.454. The molecule has 3 aromatic carbocycles. The van der Waals surface area contributed by atoms with Gasteiger partial charge in [-0.05, 0) is 47.2 Å². The van der Waals surface area contributed by atoms with Crippen LogP contribution in [0.5, 0.6) is 5.75 Å². The van der Waals surface area contributed by atoms with Crippen molar-refractivity contribution in [3.8, 4) is 11.4 Å². The minimum absolute atomic E-state index is 0.135. The first-order chi connectivity index (χ1) is 14.9. The van der Waals surface area contributed by atoms with Crippen molar-refractivity contribution < 1.29 is 17.9 Å². The lowest BCUT2D eigenvalue weighted by molar-refractivity contribution is 0.102. The third-order valence-electron chi connectivity index (χ3n) is 5.35. The first kappa shape index (κ1) is 19.3. The van der Waals surface area contributed by atoms with E-state index in [1.54, 1.807) is 42.1 Å². The van der Waals surface area contributed by atoms with E-state index in [1.165, 1.54) is 0 Å². The van der Waals surface area contributed by atoms with Crippen LogP contribution in [0.1, 0.15) is 21.6 Å². The van der Waals surface area contributed by atoms with Gasteiger partial charge in [-0.25, -0.2) is 13.1 Å².